The molecule has 0 bridgehead atoms. The molecule has 1 aromatic carbocycles. The van der Waals surface area contributed by atoms with Crippen molar-refractivity contribution in [1.82, 2.24) is 0 Å². The molecular weight excluding hydrogens is 388 g/mol. The van der Waals surface area contributed by atoms with Crippen LogP contribution >= 0.6 is 15.9 Å². The molecule has 0 aromatic heterocycles. The molecule has 1 saturated carbocycles. The van der Waals surface area contributed by atoms with Crippen LogP contribution in [0.3, 0.4) is 0 Å². The van der Waals surface area contributed by atoms with E-state index in [9.17, 15) is 9.59 Å². The van der Waals surface area contributed by atoms with Crippen LogP contribution in [0.2, 0.25) is 0 Å². The van der Waals surface area contributed by atoms with E-state index >= 15 is 0 Å². The Morgan fingerprint density at radius 2 is 1.68 bits per heavy atom. The first-order valence-corrected chi connectivity index (χ1v) is 8.96. The van der Waals surface area contributed by atoms with Crippen molar-refractivity contribution in [3.8, 4) is 0 Å². The zero-order chi connectivity index (χ0) is 18.4. The summed E-state index contributed by atoms with van der Waals surface area (Å²) in [7, 11) is 4.26. The SMILES string of the molecule is COC(=O)CCC(C(=O)OC)(C(OC)=C1CCC1)c1ccc(Br)cc1. The summed E-state index contributed by atoms with van der Waals surface area (Å²) in [6, 6.07) is 7.45. The van der Waals surface area contributed by atoms with E-state index in [1.165, 1.54) is 14.2 Å². The highest BCUT2D eigenvalue weighted by molar-refractivity contribution is 9.10. The van der Waals surface area contributed by atoms with Gasteiger partial charge in [0.05, 0.1) is 21.3 Å². The van der Waals surface area contributed by atoms with Gasteiger partial charge in [0.25, 0.3) is 0 Å². The summed E-state index contributed by atoms with van der Waals surface area (Å²) in [5.41, 5.74) is 0.678. The van der Waals surface area contributed by atoms with Gasteiger partial charge < -0.3 is 14.2 Å². The first kappa shape index (κ1) is 19.5. The highest BCUT2D eigenvalue weighted by Gasteiger charge is 2.48. The average molecular weight is 411 g/mol. The molecule has 1 aliphatic rings. The molecular formula is C19H23BrO5. The normalized spacial score (nSPS) is 15.6. The Morgan fingerprint density at radius 3 is 2.12 bits per heavy atom. The summed E-state index contributed by atoms with van der Waals surface area (Å²) in [5, 5.41) is 0. The Balaban J connectivity index is 2.62. The first-order chi connectivity index (χ1) is 12.0. The average Bonchev–Trinajstić information content (AvgIpc) is 2.59. The minimum Gasteiger partial charge on any atom is -0.500 e. The summed E-state index contributed by atoms with van der Waals surface area (Å²) in [6.45, 7) is 0. The lowest BCUT2D eigenvalue weighted by atomic mass is 9.71. The summed E-state index contributed by atoms with van der Waals surface area (Å²) in [5.74, 6) is -0.216. The molecule has 1 atom stereocenters. The standard InChI is InChI=1S/C19H23BrO5/c1-23-16(21)11-12-19(18(22)25-3,14-7-9-15(20)10-8-14)17(24-2)13-5-4-6-13/h7-10H,4-6,11-12H2,1-3H3. The van der Waals surface area contributed by atoms with E-state index in [0.717, 1.165) is 34.9 Å². The fourth-order valence-corrected chi connectivity index (χ4v) is 3.47. The van der Waals surface area contributed by atoms with Crippen LogP contribution in [0.4, 0.5) is 0 Å². The predicted octanol–water partition coefficient (Wildman–Crippen LogP) is 3.90. The van der Waals surface area contributed by atoms with E-state index in [1.54, 1.807) is 7.11 Å². The molecule has 0 radical (unpaired) electrons. The monoisotopic (exact) mass is 410 g/mol. The second-order valence-corrected chi connectivity index (χ2v) is 6.89. The number of carbonyl (C=O) groups is 2. The smallest absolute Gasteiger partial charge is 0.324 e. The molecule has 0 heterocycles. The third kappa shape index (κ3) is 3.89. The van der Waals surface area contributed by atoms with Gasteiger partial charge in [-0.1, -0.05) is 28.1 Å². The number of rotatable bonds is 7. The molecule has 6 heteroatoms. The first-order valence-electron chi connectivity index (χ1n) is 8.17. The number of halogens is 1. The van der Waals surface area contributed by atoms with E-state index in [2.05, 4.69) is 15.9 Å². The molecule has 0 aliphatic heterocycles. The maximum atomic E-state index is 13.0. The number of methoxy groups -OCH3 is 3. The van der Waals surface area contributed by atoms with Gasteiger partial charge in [0.15, 0.2) is 5.41 Å². The van der Waals surface area contributed by atoms with E-state index in [4.69, 9.17) is 14.2 Å². The van der Waals surface area contributed by atoms with Gasteiger partial charge >= 0.3 is 11.9 Å². The Bertz CT molecular complexity index is 659. The van der Waals surface area contributed by atoms with Crippen LogP contribution in [0, 0.1) is 0 Å². The van der Waals surface area contributed by atoms with Crippen molar-refractivity contribution in [2.45, 2.75) is 37.5 Å². The zero-order valence-corrected chi connectivity index (χ0v) is 16.4. The molecule has 0 saturated heterocycles. The number of allylic oxidation sites excluding steroid dienone is 1. The highest BCUT2D eigenvalue weighted by atomic mass is 79.9. The van der Waals surface area contributed by atoms with E-state index in [1.807, 2.05) is 24.3 Å². The summed E-state index contributed by atoms with van der Waals surface area (Å²) in [6.07, 6.45) is 3.15. The van der Waals surface area contributed by atoms with Crippen molar-refractivity contribution in [2.75, 3.05) is 21.3 Å². The molecule has 5 nitrogen and oxygen atoms in total. The van der Waals surface area contributed by atoms with E-state index in [0.29, 0.717) is 5.76 Å². The topological polar surface area (TPSA) is 61.8 Å². The molecule has 136 valence electrons. The molecule has 1 unspecified atom stereocenters. The largest absolute Gasteiger partial charge is 0.500 e. The number of hydrogen-bond donors (Lipinski definition) is 0. The zero-order valence-electron chi connectivity index (χ0n) is 14.8. The fourth-order valence-electron chi connectivity index (χ4n) is 3.20. The quantitative estimate of drug-likeness (QED) is 0.503. The third-order valence-corrected chi connectivity index (χ3v) is 5.20. The van der Waals surface area contributed by atoms with Crippen molar-refractivity contribution in [3.63, 3.8) is 0 Å². The number of benzene rings is 1. The Kier molecular flexibility index (Phi) is 6.64. The molecule has 2 rings (SSSR count). The number of hydrogen-bond acceptors (Lipinski definition) is 5. The molecule has 1 fully saturated rings. The second-order valence-electron chi connectivity index (χ2n) is 5.97. The van der Waals surface area contributed by atoms with E-state index < -0.39 is 11.4 Å². The number of esters is 2. The van der Waals surface area contributed by atoms with Crippen molar-refractivity contribution in [1.29, 1.82) is 0 Å². The second kappa shape index (κ2) is 8.52. The van der Waals surface area contributed by atoms with Gasteiger partial charge in [0, 0.05) is 10.9 Å². The minimum atomic E-state index is -1.16. The van der Waals surface area contributed by atoms with Crippen LogP contribution < -0.4 is 0 Å². The lowest BCUT2D eigenvalue weighted by molar-refractivity contribution is -0.149. The fraction of sp³-hybridized carbons (Fsp3) is 0.474. The van der Waals surface area contributed by atoms with Crippen LogP contribution in [-0.2, 0) is 29.2 Å². The number of carbonyl (C=O) groups excluding carboxylic acids is 2. The van der Waals surface area contributed by atoms with Crippen molar-refractivity contribution in [3.05, 3.63) is 45.6 Å². The van der Waals surface area contributed by atoms with E-state index in [-0.39, 0.29) is 18.8 Å². The highest BCUT2D eigenvalue weighted by Crippen LogP contribution is 2.44. The van der Waals surface area contributed by atoms with Crippen molar-refractivity contribution < 1.29 is 23.8 Å². The molecule has 1 aromatic rings. The molecule has 0 spiro atoms. The molecule has 0 amide bonds. The van der Waals surface area contributed by atoms with Gasteiger partial charge in [-0.05, 0) is 49.0 Å². The maximum Gasteiger partial charge on any atom is 0.324 e. The van der Waals surface area contributed by atoms with Gasteiger partial charge in [-0.3, -0.25) is 9.59 Å². The van der Waals surface area contributed by atoms with Crippen LogP contribution in [0.1, 0.15) is 37.7 Å². The van der Waals surface area contributed by atoms with Gasteiger partial charge in [-0.2, -0.15) is 0 Å². The number of ether oxygens (including phenoxy) is 3. The van der Waals surface area contributed by atoms with Gasteiger partial charge in [-0.25, -0.2) is 0 Å². The van der Waals surface area contributed by atoms with Gasteiger partial charge in [-0.15, -0.1) is 0 Å². The summed E-state index contributed by atoms with van der Waals surface area (Å²) >= 11 is 3.41. The minimum absolute atomic E-state index is 0.0851. The Morgan fingerprint density at radius 1 is 1.04 bits per heavy atom. The van der Waals surface area contributed by atoms with Crippen LogP contribution in [0.25, 0.3) is 0 Å². The summed E-state index contributed by atoms with van der Waals surface area (Å²) in [4.78, 5) is 24.7. The lowest BCUT2D eigenvalue weighted by Gasteiger charge is -2.36. The summed E-state index contributed by atoms with van der Waals surface area (Å²) < 4.78 is 16.5. The Labute approximate surface area is 156 Å². The van der Waals surface area contributed by atoms with Crippen molar-refractivity contribution >= 4 is 27.9 Å². The Hall–Kier alpha value is -1.82. The molecule has 1 aliphatic carbocycles. The maximum absolute atomic E-state index is 13.0. The van der Waals surface area contributed by atoms with Crippen LogP contribution in [0.5, 0.6) is 0 Å². The van der Waals surface area contributed by atoms with Gasteiger partial charge in [0.1, 0.15) is 5.76 Å². The van der Waals surface area contributed by atoms with Gasteiger partial charge in [0.2, 0.25) is 0 Å². The van der Waals surface area contributed by atoms with Crippen LogP contribution in [-0.4, -0.2) is 33.3 Å². The predicted molar refractivity (Wildman–Crippen MR) is 97.0 cm³/mol. The lowest BCUT2D eigenvalue weighted by Crippen LogP contribution is -2.41. The molecule has 25 heavy (non-hydrogen) atoms. The van der Waals surface area contributed by atoms with Crippen molar-refractivity contribution in [2.24, 2.45) is 0 Å². The third-order valence-electron chi connectivity index (χ3n) is 4.67. The van der Waals surface area contributed by atoms with Crippen LogP contribution in [0.15, 0.2) is 40.1 Å². The molecule has 0 N–H and O–H groups in total.